The smallest absolute Gasteiger partial charge is 0.234 e. The van der Waals surface area contributed by atoms with Crippen LogP contribution >= 0.6 is 0 Å². The van der Waals surface area contributed by atoms with Crippen LogP contribution in [-0.4, -0.2) is 81.7 Å². The zero-order valence-corrected chi connectivity index (χ0v) is 16.3. The molecule has 0 aliphatic rings. The predicted octanol–water partition coefficient (Wildman–Crippen LogP) is 0.619. The van der Waals surface area contributed by atoms with Crippen molar-refractivity contribution in [3.8, 4) is 0 Å². The normalized spacial score (nSPS) is 11.6. The van der Waals surface area contributed by atoms with Crippen molar-refractivity contribution in [2.24, 2.45) is 0 Å². The van der Waals surface area contributed by atoms with Crippen LogP contribution in [0.15, 0.2) is 0 Å². The van der Waals surface area contributed by atoms with Crippen LogP contribution < -0.4 is 10.6 Å². The van der Waals surface area contributed by atoms with E-state index in [0.717, 1.165) is 0 Å². The van der Waals surface area contributed by atoms with Gasteiger partial charge in [-0.2, -0.15) is 0 Å². The van der Waals surface area contributed by atoms with E-state index in [2.05, 4.69) is 10.6 Å². The quantitative estimate of drug-likeness (QED) is 0.364. The summed E-state index contributed by atoms with van der Waals surface area (Å²) in [5, 5.41) is 14.2. The highest BCUT2D eigenvalue weighted by atomic mass is 16.5. The van der Waals surface area contributed by atoms with Crippen LogP contribution in [0.2, 0.25) is 0 Å². The lowest BCUT2D eigenvalue weighted by molar-refractivity contribution is -0.124. The van der Waals surface area contributed by atoms with E-state index in [-0.39, 0.29) is 53.0 Å². The molecular weight excluding hydrogens is 328 g/mol. The highest BCUT2D eigenvalue weighted by Crippen LogP contribution is 1.92. The van der Waals surface area contributed by atoms with Crippen LogP contribution in [0.1, 0.15) is 37.5 Å². The van der Waals surface area contributed by atoms with Crippen LogP contribution in [0.4, 0.5) is 0 Å². The van der Waals surface area contributed by atoms with Crippen LogP contribution in [0, 0.1) is 0 Å². The number of carbonyl (C=O) groups excluding carboxylic acids is 2. The molecule has 0 saturated heterocycles. The minimum absolute atomic E-state index is 0. The molecule has 0 bridgehead atoms. The molecule has 0 spiro atoms. The van der Waals surface area contributed by atoms with Gasteiger partial charge in [-0.3, -0.25) is 9.59 Å². The second-order valence-corrected chi connectivity index (χ2v) is 5.35. The highest BCUT2D eigenvalue weighted by molar-refractivity contribution is 5.85. The Bertz CT molecular complexity index is 337. The van der Waals surface area contributed by atoms with Crippen molar-refractivity contribution in [2.75, 3.05) is 52.7 Å². The van der Waals surface area contributed by atoms with Crippen molar-refractivity contribution < 1.29 is 31.8 Å². The van der Waals surface area contributed by atoms with Gasteiger partial charge in [0.25, 0.3) is 0 Å². The van der Waals surface area contributed by atoms with Gasteiger partial charge in [-0.25, -0.2) is 0 Å². The van der Waals surface area contributed by atoms with Gasteiger partial charge in [0, 0.05) is 2.85 Å². The fourth-order valence-corrected chi connectivity index (χ4v) is 1.55. The lowest BCUT2D eigenvalue weighted by atomic mass is 10.3. The Morgan fingerprint density at radius 1 is 1.04 bits per heavy atom. The van der Waals surface area contributed by atoms with E-state index in [0.29, 0.717) is 26.4 Å². The minimum atomic E-state index is -0.268. The number of nitrogens with one attached hydrogen (secondary N) is 2. The Kier molecular flexibility index (Phi) is 20.2. The molecule has 0 aromatic heterocycles. The summed E-state index contributed by atoms with van der Waals surface area (Å²) in [4.78, 5) is 22.4. The second-order valence-electron chi connectivity index (χ2n) is 5.35. The third kappa shape index (κ3) is 20.9. The van der Waals surface area contributed by atoms with Gasteiger partial charge in [-0.1, -0.05) is 13.8 Å². The molecule has 8 heteroatoms. The summed E-state index contributed by atoms with van der Waals surface area (Å²) in [5.74, 6) is -0.370. The summed E-state index contributed by atoms with van der Waals surface area (Å²) >= 11 is 0. The molecule has 1 unspecified atom stereocenters. The standard InChI is InChI=1S/C15H30N2O6.C2H6.2H2/c1-12(2)23-7-6-22-11-14(10-21-5-4-18)16-9-15(20)17-8-13(3)19;1-2;;/h12,14,16,18H,4-11H2,1-3H3,(H,17,20);1-2H3;2*1H. The lowest BCUT2D eigenvalue weighted by Crippen LogP contribution is -2.44. The predicted molar refractivity (Wildman–Crippen MR) is 101 cm³/mol. The fraction of sp³-hybridized carbons (Fsp3) is 0.882. The maximum absolute atomic E-state index is 11.6. The van der Waals surface area contributed by atoms with E-state index in [4.69, 9.17) is 19.3 Å². The Balaban J connectivity index is -0.000000637. The van der Waals surface area contributed by atoms with Gasteiger partial charge in [0.2, 0.25) is 5.91 Å². The fourth-order valence-electron chi connectivity index (χ4n) is 1.55. The van der Waals surface area contributed by atoms with Crippen molar-refractivity contribution in [3.05, 3.63) is 0 Å². The molecule has 8 nitrogen and oxygen atoms in total. The Labute approximate surface area is 154 Å². The number of Topliss-reactive ketones (excluding diaryl/α,β-unsaturated/α-hetero) is 1. The molecule has 0 aliphatic heterocycles. The third-order valence-electron chi connectivity index (χ3n) is 2.64. The third-order valence-corrected chi connectivity index (χ3v) is 2.64. The number of ether oxygens (including phenoxy) is 3. The minimum Gasteiger partial charge on any atom is -0.394 e. The lowest BCUT2D eigenvalue weighted by Gasteiger charge is -2.19. The summed E-state index contributed by atoms with van der Waals surface area (Å²) in [6.07, 6.45) is 0.158. The zero-order valence-electron chi connectivity index (χ0n) is 16.3. The molecule has 0 fully saturated rings. The van der Waals surface area contributed by atoms with Gasteiger partial charge < -0.3 is 30.0 Å². The topological polar surface area (TPSA) is 106 Å². The summed E-state index contributed by atoms with van der Waals surface area (Å²) in [6.45, 7) is 11.2. The molecule has 25 heavy (non-hydrogen) atoms. The van der Waals surface area contributed by atoms with Crippen molar-refractivity contribution in [1.29, 1.82) is 0 Å². The van der Waals surface area contributed by atoms with Crippen LogP contribution in [0.3, 0.4) is 0 Å². The number of hydrogen-bond donors (Lipinski definition) is 3. The van der Waals surface area contributed by atoms with E-state index in [1.807, 2.05) is 27.7 Å². The Hall–Kier alpha value is -1.06. The second kappa shape index (κ2) is 19.3. The molecule has 0 aromatic rings. The molecule has 0 rings (SSSR count). The van der Waals surface area contributed by atoms with Gasteiger partial charge in [-0.15, -0.1) is 0 Å². The van der Waals surface area contributed by atoms with Gasteiger partial charge in [0.15, 0.2) is 0 Å². The molecule has 0 aliphatic carbocycles. The number of amides is 1. The van der Waals surface area contributed by atoms with E-state index >= 15 is 0 Å². The highest BCUT2D eigenvalue weighted by Gasteiger charge is 2.11. The number of rotatable bonds is 15. The maximum Gasteiger partial charge on any atom is 0.234 e. The molecule has 1 amide bonds. The SMILES string of the molecule is CC.CC(=O)CNC(=O)CNC(COCCO)COCCOC(C)C.[HH].[HH]. The Morgan fingerprint density at radius 3 is 2.16 bits per heavy atom. The molecule has 0 aromatic carbocycles. The van der Waals surface area contributed by atoms with Crippen LogP contribution in [-0.2, 0) is 23.8 Å². The monoisotopic (exact) mass is 368 g/mol. The summed E-state index contributed by atoms with van der Waals surface area (Å²) in [7, 11) is 0. The largest absolute Gasteiger partial charge is 0.394 e. The van der Waals surface area contributed by atoms with Crippen LogP contribution in [0.5, 0.6) is 0 Å². The molecule has 0 heterocycles. The molecule has 0 radical (unpaired) electrons. The number of carbonyl (C=O) groups is 2. The summed E-state index contributed by atoms with van der Waals surface area (Å²) < 4.78 is 16.1. The first kappa shape index (κ1) is 26.2. The van der Waals surface area contributed by atoms with Crippen molar-refractivity contribution in [1.82, 2.24) is 10.6 Å². The number of hydrogen-bond acceptors (Lipinski definition) is 7. The maximum atomic E-state index is 11.6. The number of aliphatic hydroxyl groups is 1. The van der Waals surface area contributed by atoms with Gasteiger partial charge in [0.1, 0.15) is 5.78 Å². The van der Waals surface area contributed by atoms with Crippen molar-refractivity contribution in [2.45, 2.75) is 46.8 Å². The van der Waals surface area contributed by atoms with E-state index < -0.39 is 0 Å². The first-order valence-electron chi connectivity index (χ1n) is 8.83. The van der Waals surface area contributed by atoms with E-state index in [1.54, 1.807) is 0 Å². The first-order valence-corrected chi connectivity index (χ1v) is 8.83. The first-order chi connectivity index (χ1) is 12.0. The molecule has 154 valence electrons. The average Bonchev–Trinajstić information content (AvgIpc) is 2.58. The molecular formula is C17H40N2O6. The summed E-state index contributed by atoms with van der Waals surface area (Å²) in [5.41, 5.74) is 0. The molecule has 3 N–H and O–H groups in total. The van der Waals surface area contributed by atoms with E-state index in [9.17, 15) is 9.59 Å². The number of aliphatic hydroxyl groups excluding tert-OH is 1. The van der Waals surface area contributed by atoms with Gasteiger partial charge in [0.05, 0.1) is 64.9 Å². The zero-order chi connectivity index (χ0) is 19.5. The van der Waals surface area contributed by atoms with Gasteiger partial charge >= 0.3 is 0 Å². The van der Waals surface area contributed by atoms with Crippen LogP contribution in [0.25, 0.3) is 0 Å². The van der Waals surface area contributed by atoms with E-state index in [1.165, 1.54) is 6.92 Å². The summed E-state index contributed by atoms with van der Waals surface area (Å²) in [6, 6.07) is -0.191. The Morgan fingerprint density at radius 2 is 1.64 bits per heavy atom. The van der Waals surface area contributed by atoms with Crippen molar-refractivity contribution in [3.63, 3.8) is 0 Å². The van der Waals surface area contributed by atoms with Gasteiger partial charge in [-0.05, 0) is 20.8 Å². The number of ketones is 1. The molecule has 1 atom stereocenters. The average molecular weight is 369 g/mol. The molecule has 0 saturated carbocycles. The van der Waals surface area contributed by atoms with Crippen molar-refractivity contribution >= 4 is 11.7 Å².